The summed E-state index contributed by atoms with van der Waals surface area (Å²) in [5, 5.41) is 5.62. The molecule has 0 saturated carbocycles. The average molecular weight is 497 g/mol. The van der Waals surface area contributed by atoms with E-state index in [0.717, 1.165) is 10.0 Å². The maximum Gasteiger partial charge on any atom is 0.513 e. The maximum absolute atomic E-state index is 12.5. The number of hydrogen-bond donors (Lipinski definition) is 2. The summed E-state index contributed by atoms with van der Waals surface area (Å²) in [7, 11) is 0. The van der Waals surface area contributed by atoms with Crippen LogP contribution in [0.5, 0.6) is 5.75 Å². The summed E-state index contributed by atoms with van der Waals surface area (Å²) in [6, 6.07) is 20.5. The van der Waals surface area contributed by atoms with Gasteiger partial charge in [0.15, 0.2) is 0 Å². The molecule has 0 saturated heterocycles. The highest BCUT2D eigenvalue weighted by molar-refractivity contribution is 9.10. The van der Waals surface area contributed by atoms with Crippen LogP contribution in [-0.2, 0) is 16.0 Å². The molecule has 0 atom stereocenters. The van der Waals surface area contributed by atoms with Gasteiger partial charge in [0.2, 0.25) is 5.91 Å². The average Bonchev–Trinajstić information content (AvgIpc) is 2.76. The second-order valence-electron chi connectivity index (χ2n) is 6.66. The van der Waals surface area contributed by atoms with E-state index in [1.807, 2.05) is 24.3 Å². The van der Waals surface area contributed by atoms with Crippen LogP contribution in [0, 0.1) is 0 Å². The Kier molecular flexibility index (Phi) is 7.99. The van der Waals surface area contributed by atoms with Crippen molar-refractivity contribution >= 4 is 45.3 Å². The number of nitrogens with one attached hydrogen (secondary N) is 2. The smallest absolute Gasteiger partial charge is 0.434 e. The predicted octanol–water partition coefficient (Wildman–Crippen LogP) is 5.42. The molecule has 3 aromatic carbocycles. The van der Waals surface area contributed by atoms with Crippen molar-refractivity contribution in [2.75, 3.05) is 17.2 Å². The van der Waals surface area contributed by atoms with Crippen LogP contribution in [0.2, 0.25) is 0 Å². The van der Waals surface area contributed by atoms with E-state index in [2.05, 4.69) is 26.6 Å². The van der Waals surface area contributed by atoms with Crippen molar-refractivity contribution in [3.05, 3.63) is 88.4 Å². The van der Waals surface area contributed by atoms with Gasteiger partial charge in [0, 0.05) is 21.4 Å². The van der Waals surface area contributed by atoms with Gasteiger partial charge in [-0.1, -0.05) is 40.2 Å². The molecular formula is C24H21BrN2O5. The number of carbonyl (C=O) groups is 3. The molecule has 0 aromatic heterocycles. The van der Waals surface area contributed by atoms with Gasteiger partial charge >= 0.3 is 6.16 Å². The van der Waals surface area contributed by atoms with E-state index in [0.29, 0.717) is 16.9 Å². The molecule has 0 aliphatic carbocycles. The van der Waals surface area contributed by atoms with Gasteiger partial charge in [-0.3, -0.25) is 9.59 Å². The summed E-state index contributed by atoms with van der Waals surface area (Å²) >= 11 is 3.44. The molecule has 2 amide bonds. The zero-order valence-electron chi connectivity index (χ0n) is 17.3. The Balaban J connectivity index is 1.59. The first-order valence-electron chi connectivity index (χ1n) is 9.84. The highest BCUT2D eigenvalue weighted by Gasteiger charge is 2.11. The Morgan fingerprint density at radius 1 is 0.875 bits per heavy atom. The van der Waals surface area contributed by atoms with E-state index in [9.17, 15) is 14.4 Å². The molecule has 0 fully saturated rings. The van der Waals surface area contributed by atoms with Crippen molar-refractivity contribution in [3.8, 4) is 5.75 Å². The molecule has 32 heavy (non-hydrogen) atoms. The van der Waals surface area contributed by atoms with E-state index in [4.69, 9.17) is 9.47 Å². The molecule has 0 aliphatic heterocycles. The van der Waals surface area contributed by atoms with E-state index in [-0.39, 0.29) is 30.6 Å². The number of carbonyl (C=O) groups excluding carboxylic acids is 3. The SMILES string of the molecule is CCOC(=O)Oc1ccc(C(=O)Nc2cccc(NC(=O)Cc3ccccc3Br)c2)cc1. The second-order valence-corrected chi connectivity index (χ2v) is 7.52. The number of benzene rings is 3. The van der Waals surface area contributed by atoms with E-state index >= 15 is 0 Å². The first-order valence-corrected chi connectivity index (χ1v) is 10.6. The molecule has 164 valence electrons. The summed E-state index contributed by atoms with van der Waals surface area (Å²) in [5.41, 5.74) is 2.35. The Morgan fingerprint density at radius 3 is 2.25 bits per heavy atom. The van der Waals surface area contributed by atoms with Gasteiger partial charge in [0.1, 0.15) is 5.75 Å². The molecule has 0 radical (unpaired) electrons. The van der Waals surface area contributed by atoms with Gasteiger partial charge in [-0.05, 0) is 61.0 Å². The molecular weight excluding hydrogens is 476 g/mol. The lowest BCUT2D eigenvalue weighted by Gasteiger charge is -2.10. The van der Waals surface area contributed by atoms with Gasteiger partial charge in [-0.15, -0.1) is 0 Å². The number of amides is 2. The standard InChI is InChI=1S/C24H21BrN2O5/c1-2-31-24(30)32-20-12-10-16(11-13-20)23(29)27-19-8-5-7-18(15-19)26-22(28)14-17-6-3-4-9-21(17)25/h3-13,15H,2,14H2,1H3,(H,26,28)(H,27,29). The van der Waals surface area contributed by atoms with Crippen molar-refractivity contribution in [3.63, 3.8) is 0 Å². The topological polar surface area (TPSA) is 93.7 Å². The van der Waals surface area contributed by atoms with Crippen molar-refractivity contribution in [2.24, 2.45) is 0 Å². The van der Waals surface area contributed by atoms with Gasteiger partial charge in [-0.2, -0.15) is 0 Å². The highest BCUT2D eigenvalue weighted by Crippen LogP contribution is 2.20. The number of rotatable bonds is 7. The zero-order chi connectivity index (χ0) is 22.9. The predicted molar refractivity (Wildman–Crippen MR) is 125 cm³/mol. The summed E-state index contributed by atoms with van der Waals surface area (Å²) in [6.07, 6.45) is -0.582. The number of anilines is 2. The molecule has 0 aliphatic rings. The Hall–Kier alpha value is -3.65. The second kappa shape index (κ2) is 11.1. The fourth-order valence-electron chi connectivity index (χ4n) is 2.82. The van der Waals surface area contributed by atoms with Crippen LogP contribution < -0.4 is 15.4 Å². The third-order valence-corrected chi connectivity index (χ3v) is 5.07. The molecule has 0 spiro atoms. The zero-order valence-corrected chi connectivity index (χ0v) is 18.8. The molecule has 3 rings (SSSR count). The minimum Gasteiger partial charge on any atom is -0.434 e. The Bertz CT molecular complexity index is 1120. The van der Waals surface area contributed by atoms with Crippen LogP contribution in [0.25, 0.3) is 0 Å². The first kappa shape index (κ1) is 23.0. The Labute approximate surface area is 193 Å². The quantitative estimate of drug-likeness (QED) is 0.336. The monoisotopic (exact) mass is 496 g/mol. The minimum absolute atomic E-state index is 0.169. The van der Waals surface area contributed by atoms with Crippen LogP contribution in [0.4, 0.5) is 16.2 Å². The Morgan fingerprint density at radius 2 is 1.56 bits per heavy atom. The van der Waals surface area contributed by atoms with Crippen molar-refractivity contribution in [1.82, 2.24) is 0 Å². The molecule has 7 nitrogen and oxygen atoms in total. The third-order valence-electron chi connectivity index (χ3n) is 4.29. The third kappa shape index (κ3) is 6.68. The van der Waals surface area contributed by atoms with Gasteiger partial charge in [-0.25, -0.2) is 4.79 Å². The molecule has 0 unspecified atom stereocenters. The van der Waals surface area contributed by atoms with E-state index in [1.165, 1.54) is 24.3 Å². The largest absolute Gasteiger partial charge is 0.513 e. The van der Waals surface area contributed by atoms with E-state index in [1.54, 1.807) is 31.2 Å². The fourth-order valence-corrected chi connectivity index (χ4v) is 3.24. The molecule has 0 bridgehead atoms. The lowest BCUT2D eigenvalue weighted by atomic mass is 10.1. The molecule has 3 aromatic rings. The first-order chi connectivity index (χ1) is 15.4. The minimum atomic E-state index is -0.803. The van der Waals surface area contributed by atoms with Crippen molar-refractivity contribution in [2.45, 2.75) is 13.3 Å². The molecule has 0 heterocycles. The summed E-state index contributed by atoms with van der Waals surface area (Å²) in [6.45, 7) is 1.89. The van der Waals surface area contributed by atoms with Crippen LogP contribution in [0.3, 0.4) is 0 Å². The van der Waals surface area contributed by atoms with Crippen LogP contribution in [-0.4, -0.2) is 24.6 Å². The number of ether oxygens (including phenoxy) is 2. The normalized spacial score (nSPS) is 10.2. The lowest BCUT2D eigenvalue weighted by molar-refractivity contribution is -0.115. The van der Waals surface area contributed by atoms with Gasteiger partial charge < -0.3 is 20.1 Å². The summed E-state index contributed by atoms with van der Waals surface area (Å²) in [5.74, 6) is -0.239. The highest BCUT2D eigenvalue weighted by atomic mass is 79.9. The fraction of sp³-hybridized carbons (Fsp3) is 0.125. The van der Waals surface area contributed by atoms with E-state index < -0.39 is 6.16 Å². The maximum atomic E-state index is 12.5. The van der Waals surface area contributed by atoms with Crippen molar-refractivity contribution < 1.29 is 23.9 Å². The molecule has 8 heteroatoms. The number of halogens is 1. The number of hydrogen-bond acceptors (Lipinski definition) is 5. The van der Waals surface area contributed by atoms with Crippen molar-refractivity contribution in [1.29, 1.82) is 0 Å². The van der Waals surface area contributed by atoms with Crippen LogP contribution in [0.1, 0.15) is 22.8 Å². The van der Waals surface area contributed by atoms with Gasteiger partial charge in [0.05, 0.1) is 13.0 Å². The van der Waals surface area contributed by atoms with Crippen LogP contribution in [0.15, 0.2) is 77.3 Å². The molecule has 2 N–H and O–H groups in total. The lowest BCUT2D eigenvalue weighted by Crippen LogP contribution is -2.15. The summed E-state index contributed by atoms with van der Waals surface area (Å²) < 4.78 is 10.6. The van der Waals surface area contributed by atoms with Crippen LogP contribution >= 0.6 is 15.9 Å². The van der Waals surface area contributed by atoms with Gasteiger partial charge in [0.25, 0.3) is 5.91 Å². The summed E-state index contributed by atoms with van der Waals surface area (Å²) in [4.78, 5) is 36.2.